The Labute approximate surface area is 122 Å². The number of carbonyl (C=O) groups is 2. The third-order valence-electron chi connectivity index (χ3n) is 2.80. The van der Waals surface area contributed by atoms with Gasteiger partial charge in [-0.15, -0.1) is 0 Å². The van der Waals surface area contributed by atoms with Crippen molar-refractivity contribution in [2.75, 3.05) is 7.11 Å². The van der Waals surface area contributed by atoms with Crippen LogP contribution in [0.25, 0.3) is 0 Å². The number of hydrogen-bond acceptors (Lipinski definition) is 3. The topological polar surface area (TPSA) is 75.6 Å². The largest absolute Gasteiger partial charge is 0.494 e. The molecule has 0 bridgehead atoms. The Morgan fingerprint density at radius 1 is 1.36 bits per heavy atom. The molecule has 1 atom stereocenters. The number of carboxylic acid groups (broad SMARTS) is 1. The van der Waals surface area contributed by atoms with Gasteiger partial charge in [0.25, 0.3) is 0 Å². The first kappa shape index (κ1) is 17.7. The normalized spacial score (nSPS) is 12.6. The summed E-state index contributed by atoms with van der Waals surface area (Å²) in [4.78, 5) is 21.6. The van der Waals surface area contributed by atoms with E-state index in [2.05, 4.69) is 0 Å². The van der Waals surface area contributed by atoms with E-state index in [-0.39, 0.29) is 18.6 Å². The molecule has 0 aliphatic rings. The summed E-state index contributed by atoms with van der Waals surface area (Å²) < 4.78 is 54.5. The fourth-order valence-corrected chi connectivity index (χ4v) is 1.67. The predicted molar refractivity (Wildman–Crippen MR) is 66.9 cm³/mol. The van der Waals surface area contributed by atoms with Gasteiger partial charge in [-0.25, -0.2) is 9.18 Å². The molecule has 1 amide bonds. The van der Waals surface area contributed by atoms with Crippen LogP contribution in [0.1, 0.15) is 12.0 Å². The second kappa shape index (κ2) is 7.10. The van der Waals surface area contributed by atoms with Gasteiger partial charge >= 0.3 is 18.1 Å². The Balaban J connectivity index is 2.71. The molecule has 1 aromatic rings. The van der Waals surface area contributed by atoms with Crippen LogP contribution < -0.4 is 10.1 Å². The third kappa shape index (κ3) is 4.90. The lowest BCUT2D eigenvalue weighted by atomic mass is 10.0. The lowest BCUT2D eigenvalue weighted by Crippen LogP contribution is -2.47. The zero-order valence-electron chi connectivity index (χ0n) is 11.4. The molecule has 9 heteroatoms. The maximum Gasteiger partial charge on any atom is 0.471 e. The van der Waals surface area contributed by atoms with Crippen LogP contribution >= 0.6 is 0 Å². The molecular formula is C13H13F4NO4. The maximum atomic E-state index is 13.4. The number of methoxy groups -OCH3 is 1. The Hall–Kier alpha value is -2.32. The summed E-state index contributed by atoms with van der Waals surface area (Å²) in [6, 6.07) is 2.13. The molecule has 0 radical (unpaired) electrons. The monoisotopic (exact) mass is 323 g/mol. The fourth-order valence-electron chi connectivity index (χ4n) is 1.67. The van der Waals surface area contributed by atoms with Crippen molar-refractivity contribution in [2.24, 2.45) is 0 Å². The van der Waals surface area contributed by atoms with Crippen LogP contribution in [0.2, 0.25) is 0 Å². The quantitative estimate of drug-likeness (QED) is 0.784. The fraction of sp³-hybridized carbons (Fsp3) is 0.385. The zero-order chi connectivity index (χ0) is 16.9. The molecule has 0 saturated heterocycles. The molecule has 0 aromatic heterocycles. The lowest BCUT2D eigenvalue weighted by Gasteiger charge is -2.15. The van der Waals surface area contributed by atoms with Crippen molar-refractivity contribution >= 4 is 11.9 Å². The summed E-state index contributed by atoms with van der Waals surface area (Å²) in [5.41, 5.74) is 0.366. The number of halogens is 4. The number of hydrogen-bond donors (Lipinski definition) is 2. The van der Waals surface area contributed by atoms with Crippen molar-refractivity contribution in [3.05, 3.63) is 29.6 Å². The van der Waals surface area contributed by atoms with Gasteiger partial charge < -0.3 is 15.2 Å². The summed E-state index contributed by atoms with van der Waals surface area (Å²) in [5.74, 6) is -4.62. The van der Waals surface area contributed by atoms with E-state index < -0.39 is 29.9 Å². The predicted octanol–water partition coefficient (Wildman–Crippen LogP) is 1.90. The molecule has 2 N–H and O–H groups in total. The molecule has 1 aromatic carbocycles. The van der Waals surface area contributed by atoms with E-state index in [1.54, 1.807) is 0 Å². The highest BCUT2D eigenvalue weighted by molar-refractivity contribution is 5.86. The van der Waals surface area contributed by atoms with E-state index in [0.717, 1.165) is 6.07 Å². The molecule has 0 heterocycles. The van der Waals surface area contributed by atoms with Gasteiger partial charge in [0.05, 0.1) is 7.11 Å². The molecule has 0 aliphatic heterocycles. The molecule has 0 fully saturated rings. The lowest BCUT2D eigenvalue weighted by molar-refractivity contribution is -0.175. The minimum Gasteiger partial charge on any atom is -0.494 e. The van der Waals surface area contributed by atoms with Gasteiger partial charge in [-0.2, -0.15) is 13.2 Å². The highest BCUT2D eigenvalue weighted by atomic mass is 19.4. The molecule has 0 unspecified atom stereocenters. The molecule has 0 spiro atoms. The van der Waals surface area contributed by atoms with Crippen molar-refractivity contribution in [2.45, 2.75) is 25.1 Å². The van der Waals surface area contributed by atoms with Crippen LogP contribution in [0, 0.1) is 5.82 Å². The Morgan fingerprint density at radius 3 is 2.45 bits per heavy atom. The number of ether oxygens (including phenoxy) is 1. The summed E-state index contributed by atoms with van der Waals surface area (Å²) >= 11 is 0. The average Bonchev–Trinajstić information content (AvgIpc) is 2.41. The molecule has 0 saturated carbocycles. The standard InChI is InChI=1S/C13H13F4NO4/c1-22-10-5-3-7(6-8(10)14)2-4-9(11(19)20)18-12(21)13(15,16)17/h3,5-6,9H,2,4H2,1H3,(H,18,21)(H,19,20)/t9-/m1/s1. The zero-order valence-corrected chi connectivity index (χ0v) is 11.4. The number of carbonyl (C=O) groups excluding carboxylic acids is 1. The number of amides is 1. The van der Waals surface area contributed by atoms with E-state index in [1.807, 2.05) is 0 Å². The summed E-state index contributed by atoms with van der Waals surface area (Å²) in [6.45, 7) is 0. The van der Waals surface area contributed by atoms with Crippen LogP contribution in [0.3, 0.4) is 0 Å². The SMILES string of the molecule is COc1ccc(CC[C@@H](NC(=O)C(F)(F)F)C(=O)O)cc1F. The summed E-state index contributed by atoms with van der Waals surface area (Å²) in [5, 5.41) is 10.2. The van der Waals surface area contributed by atoms with Gasteiger partial charge in [0.15, 0.2) is 11.6 Å². The first-order valence-electron chi connectivity index (χ1n) is 6.08. The van der Waals surface area contributed by atoms with Crippen LogP contribution in [0.4, 0.5) is 17.6 Å². The highest BCUT2D eigenvalue weighted by Crippen LogP contribution is 2.19. The van der Waals surface area contributed by atoms with E-state index in [9.17, 15) is 27.2 Å². The van der Waals surface area contributed by atoms with Gasteiger partial charge in [0, 0.05) is 0 Å². The summed E-state index contributed by atoms with van der Waals surface area (Å²) in [6.07, 6.45) is -5.52. The second-order valence-corrected chi connectivity index (χ2v) is 4.37. The maximum absolute atomic E-state index is 13.4. The Morgan fingerprint density at radius 2 is 2.00 bits per heavy atom. The number of nitrogens with one attached hydrogen (secondary N) is 1. The molecule has 122 valence electrons. The number of rotatable bonds is 6. The first-order chi connectivity index (χ1) is 10.1. The minimum atomic E-state index is -5.17. The Bertz CT molecular complexity index is 559. The summed E-state index contributed by atoms with van der Waals surface area (Å²) in [7, 11) is 1.27. The van der Waals surface area contributed by atoms with Gasteiger partial charge in [-0.05, 0) is 30.5 Å². The number of benzene rings is 1. The first-order valence-corrected chi connectivity index (χ1v) is 6.08. The van der Waals surface area contributed by atoms with E-state index in [0.29, 0.717) is 5.56 Å². The molecule has 5 nitrogen and oxygen atoms in total. The van der Waals surface area contributed by atoms with Crippen LogP contribution in [0.5, 0.6) is 5.75 Å². The van der Waals surface area contributed by atoms with Crippen LogP contribution in [-0.2, 0) is 16.0 Å². The number of carboxylic acids is 1. The van der Waals surface area contributed by atoms with Gasteiger partial charge in [0.1, 0.15) is 6.04 Å². The van der Waals surface area contributed by atoms with Crippen molar-refractivity contribution in [1.82, 2.24) is 5.32 Å². The second-order valence-electron chi connectivity index (χ2n) is 4.37. The van der Waals surface area contributed by atoms with Gasteiger partial charge in [-0.3, -0.25) is 4.79 Å². The van der Waals surface area contributed by atoms with Crippen LogP contribution in [-0.4, -0.2) is 36.3 Å². The molecule has 0 aliphatic carbocycles. The average molecular weight is 323 g/mol. The van der Waals surface area contributed by atoms with E-state index >= 15 is 0 Å². The molecular weight excluding hydrogens is 310 g/mol. The highest BCUT2D eigenvalue weighted by Gasteiger charge is 2.40. The molecule has 22 heavy (non-hydrogen) atoms. The number of aliphatic carboxylic acids is 1. The number of alkyl halides is 3. The van der Waals surface area contributed by atoms with Crippen molar-refractivity contribution in [1.29, 1.82) is 0 Å². The van der Waals surface area contributed by atoms with Crippen molar-refractivity contribution in [3.8, 4) is 5.75 Å². The van der Waals surface area contributed by atoms with Gasteiger partial charge in [-0.1, -0.05) is 6.07 Å². The van der Waals surface area contributed by atoms with Crippen LogP contribution in [0.15, 0.2) is 18.2 Å². The Kier molecular flexibility index (Phi) is 5.72. The van der Waals surface area contributed by atoms with E-state index in [4.69, 9.17) is 9.84 Å². The third-order valence-corrected chi connectivity index (χ3v) is 2.80. The van der Waals surface area contributed by atoms with E-state index in [1.165, 1.54) is 24.6 Å². The van der Waals surface area contributed by atoms with Gasteiger partial charge in [0.2, 0.25) is 0 Å². The minimum absolute atomic E-state index is 0.0103. The van der Waals surface area contributed by atoms with Crippen molar-refractivity contribution in [3.63, 3.8) is 0 Å². The smallest absolute Gasteiger partial charge is 0.471 e. The van der Waals surface area contributed by atoms with Crippen molar-refractivity contribution < 1.29 is 37.0 Å². The number of aryl methyl sites for hydroxylation is 1. The molecule has 1 rings (SSSR count).